The number of hydrogen-bond donors (Lipinski definition) is 2. The fourth-order valence-electron chi connectivity index (χ4n) is 1.89. The highest BCUT2D eigenvalue weighted by atomic mass is 32.2. The van der Waals surface area contributed by atoms with E-state index in [0.717, 1.165) is 42.5 Å². The molecule has 21 heavy (non-hydrogen) atoms. The Morgan fingerprint density at radius 1 is 1.48 bits per heavy atom. The van der Waals surface area contributed by atoms with Crippen LogP contribution in [0.4, 0.5) is 8.78 Å². The van der Waals surface area contributed by atoms with Crippen molar-refractivity contribution >= 4 is 27.1 Å². The van der Waals surface area contributed by atoms with Crippen molar-refractivity contribution in [2.45, 2.75) is 17.1 Å². The molecule has 2 N–H and O–H groups in total. The Balaban J connectivity index is 2.10. The van der Waals surface area contributed by atoms with Crippen LogP contribution in [0.3, 0.4) is 0 Å². The van der Waals surface area contributed by atoms with Gasteiger partial charge in [0.15, 0.2) is 0 Å². The molecule has 1 aliphatic rings. The first-order chi connectivity index (χ1) is 9.93. The van der Waals surface area contributed by atoms with Crippen LogP contribution in [-0.2, 0) is 9.84 Å². The molecular weight excluding hydrogens is 322 g/mol. The molecule has 1 aliphatic heterocycles. The van der Waals surface area contributed by atoms with Crippen LogP contribution in [0.2, 0.25) is 0 Å². The summed E-state index contributed by atoms with van der Waals surface area (Å²) in [6.45, 7) is 1.81. The first-order valence-corrected chi connectivity index (χ1v) is 8.62. The van der Waals surface area contributed by atoms with E-state index in [9.17, 15) is 22.0 Å². The monoisotopic (exact) mass is 336 g/mol. The summed E-state index contributed by atoms with van der Waals surface area (Å²) < 4.78 is 48.1. The van der Waals surface area contributed by atoms with Crippen LogP contribution < -0.4 is 10.6 Å². The second kappa shape index (κ2) is 6.63. The minimum Gasteiger partial charge on any atom is -0.348 e. The molecule has 0 saturated heterocycles. The molecule has 0 spiro atoms. The number of carbonyl (C=O) groups excluding carboxylic acids is 1. The first-order valence-electron chi connectivity index (χ1n) is 6.19. The Morgan fingerprint density at radius 2 is 2.24 bits per heavy atom. The molecule has 5 nitrogen and oxygen atoms in total. The Labute approximate surface area is 125 Å². The summed E-state index contributed by atoms with van der Waals surface area (Å²) in [5, 5.41) is 7.01. The van der Waals surface area contributed by atoms with Gasteiger partial charge >= 0.3 is 5.76 Å². The topological polar surface area (TPSA) is 75.3 Å². The van der Waals surface area contributed by atoms with Crippen LogP contribution in [0.1, 0.15) is 16.1 Å². The lowest BCUT2D eigenvalue weighted by molar-refractivity contribution is 0.0957. The van der Waals surface area contributed by atoms with E-state index in [4.69, 9.17) is 0 Å². The van der Waals surface area contributed by atoms with E-state index >= 15 is 0 Å². The van der Waals surface area contributed by atoms with Crippen molar-refractivity contribution in [2.75, 3.05) is 19.6 Å². The van der Waals surface area contributed by atoms with Crippen LogP contribution >= 0.6 is 11.3 Å². The number of rotatable bonds is 5. The van der Waals surface area contributed by atoms with Crippen molar-refractivity contribution in [2.24, 2.45) is 0 Å². The summed E-state index contributed by atoms with van der Waals surface area (Å²) in [7, 11) is -4.76. The van der Waals surface area contributed by atoms with E-state index < -0.39 is 26.4 Å². The normalized spacial score (nSPS) is 15.9. The zero-order valence-electron chi connectivity index (χ0n) is 10.9. The maximum atomic E-state index is 12.6. The molecule has 1 aromatic rings. The highest BCUT2D eigenvalue weighted by Gasteiger charge is 2.32. The summed E-state index contributed by atoms with van der Waals surface area (Å²) in [5.74, 6) is -4.19. The van der Waals surface area contributed by atoms with E-state index in [-0.39, 0.29) is 11.4 Å². The SMILES string of the molecule is O=C(NCC1=CCNCC1)c1sccc1S(=O)(=O)C(F)F. The van der Waals surface area contributed by atoms with Gasteiger partial charge in [0, 0.05) is 13.1 Å². The van der Waals surface area contributed by atoms with Crippen molar-refractivity contribution in [3.63, 3.8) is 0 Å². The summed E-state index contributed by atoms with van der Waals surface area (Å²) in [6.07, 6.45) is 2.72. The molecule has 2 rings (SSSR count). The van der Waals surface area contributed by atoms with E-state index in [1.165, 1.54) is 5.38 Å². The van der Waals surface area contributed by atoms with Crippen LogP contribution in [-0.4, -0.2) is 39.7 Å². The van der Waals surface area contributed by atoms with E-state index in [2.05, 4.69) is 10.6 Å². The molecule has 0 fully saturated rings. The number of nitrogens with one attached hydrogen (secondary N) is 2. The van der Waals surface area contributed by atoms with E-state index in [1.807, 2.05) is 6.08 Å². The third-order valence-electron chi connectivity index (χ3n) is 3.01. The van der Waals surface area contributed by atoms with Crippen LogP contribution in [0.5, 0.6) is 0 Å². The molecule has 1 amide bonds. The van der Waals surface area contributed by atoms with Crippen LogP contribution in [0.25, 0.3) is 0 Å². The second-order valence-electron chi connectivity index (χ2n) is 4.42. The Kier molecular flexibility index (Phi) is 5.07. The van der Waals surface area contributed by atoms with Crippen molar-refractivity contribution in [1.29, 1.82) is 0 Å². The highest BCUT2D eigenvalue weighted by molar-refractivity contribution is 7.92. The molecule has 0 saturated carbocycles. The number of hydrogen-bond acceptors (Lipinski definition) is 5. The molecule has 0 bridgehead atoms. The summed E-state index contributed by atoms with van der Waals surface area (Å²) >= 11 is 0.832. The van der Waals surface area contributed by atoms with Gasteiger partial charge in [0.25, 0.3) is 5.91 Å². The minimum absolute atomic E-state index is 0.204. The quantitative estimate of drug-likeness (QED) is 0.797. The molecule has 2 heterocycles. The fraction of sp³-hybridized carbons (Fsp3) is 0.417. The smallest absolute Gasteiger partial charge is 0.341 e. The van der Waals surface area contributed by atoms with Gasteiger partial charge in [-0.05, 0) is 24.4 Å². The van der Waals surface area contributed by atoms with Crippen molar-refractivity contribution in [3.05, 3.63) is 28.0 Å². The Morgan fingerprint density at radius 3 is 2.86 bits per heavy atom. The lowest BCUT2D eigenvalue weighted by Crippen LogP contribution is -2.30. The summed E-state index contributed by atoms with van der Waals surface area (Å²) in [6, 6.07) is 1.03. The predicted molar refractivity (Wildman–Crippen MR) is 75.4 cm³/mol. The van der Waals surface area contributed by atoms with Crippen molar-refractivity contribution in [3.8, 4) is 0 Å². The van der Waals surface area contributed by atoms with Gasteiger partial charge in [0.1, 0.15) is 4.88 Å². The van der Waals surface area contributed by atoms with Crippen molar-refractivity contribution in [1.82, 2.24) is 10.6 Å². The number of alkyl halides is 2. The maximum absolute atomic E-state index is 12.6. The standard InChI is InChI=1S/C12H14F2N2O3S2/c13-12(14)21(18,19)9-3-6-20-10(9)11(17)16-7-8-1-4-15-5-2-8/h1,3,6,12,15H,2,4-5,7H2,(H,16,17). The summed E-state index contributed by atoms with van der Waals surface area (Å²) in [5.41, 5.74) is 1.02. The second-order valence-corrected chi connectivity index (χ2v) is 7.22. The molecule has 0 unspecified atom stereocenters. The molecule has 0 radical (unpaired) electrons. The molecule has 0 aromatic carbocycles. The zero-order chi connectivity index (χ0) is 15.5. The predicted octanol–water partition coefficient (Wildman–Crippen LogP) is 1.39. The van der Waals surface area contributed by atoms with Gasteiger partial charge in [-0.1, -0.05) is 11.6 Å². The molecule has 1 aromatic heterocycles. The summed E-state index contributed by atoms with van der Waals surface area (Å²) in [4.78, 5) is 11.2. The fourth-order valence-corrected chi connectivity index (χ4v) is 3.97. The van der Waals surface area contributed by atoms with E-state index in [0.29, 0.717) is 0 Å². The zero-order valence-corrected chi connectivity index (χ0v) is 12.6. The number of sulfone groups is 1. The average molecular weight is 336 g/mol. The van der Waals surface area contributed by atoms with Crippen molar-refractivity contribution < 1.29 is 22.0 Å². The van der Waals surface area contributed by atoms with Gasteiger partial charge in [-0.2, -0.15) is 8.78 Å². The third-order valence-corrected chi connectivity index (χ3v) is 5.48. The lowest BCUT2D eigenvalue weighted by Gasteiger charge is -2.14. The number of carbonyl (C=O) groups is 1. The molecule has 0 atom stereocenters. The molecule has 116 valence electrons. The minimum atomic E-state index is -4.76. The van der Waals surface area contributed by atoms with Crippen LogP contribution in [0, 0.1) is 0 Å². The first kappa shape index (κ1) is 16.1. The molecule has 9 heteroatoms. The van der Waals surface area contributed by atoms with Gasteiger partial charge in [-0.15, -0.1) is 11.3 Å². The van der Waals surface area contributed by atoms with Gasteiger partial charge < -0.3 is 10.6 Å². The lowest BCUT2D eigenvalue weighted by atomic mass is 10.1. The number of thiophene rings is 1. The van der Waals surface area contributed by atoms with Crippen LogP contribution in [0.15, 0.2) is 28.0 Å². The maximum Gasteiger partial charge on any atom is 0.341 e. The van der Waals surface area contributed by atoms with Gasteiger partial charge in [-0.3, -0.25) is 4.79 Å². The largest absolute Gasteiger partial charge is 0.348 e. The Bertz CT molecular complexity index is 653. The highest BCUT2D eigenvalue weighted by Crippen LogP contribution is 2.26. The van der Waals surface area contributed by atoms with Gasteiger partial charge in [0.05, 0.1) is 4.90 Å². The average Bonchev–Trinajstić information content (AvgIpc) is 2.96. The van der Waals surface area contributed by atoms with E-state index in [1.54, 1.807) is 0 Å². The van der Waals surface area contributed by atoms with Gasteiger partial charge in [-0.25, -0.2) is 8.42 Å². The number of halogens is 2. The third kappa shape index (κ3) is 3.66. The molecular formula is C12H14F2N2O3S2. The Hall–Kier alpha value is -1.32. The molecule has 0 aliphatic carbocycles. The number of amides is 1. The van der Waals surface area contributed by atoms with Gasteiger partial charge in [0.2, 0.25) is 9.84 Å².